The van der Waals surface area contributed by atoms with E-state index in [-0.39, 0.29) is 11.3 Å². The Labute approximate surface area is 244 Å². The van der Waals surface area contributed by atoms with Crippen LogP contribution in [0.3, 0.4) is 0 Å². The van der Waals surface area contributed by atoms with Crippen molar-refractivity contribution in [2.45, 2.75) is 44.1 Å². The lowest BCUT2D eigenvalue weighted by Crippen LogP contribution is -2.42. The SMILES string of the molecule is O=C(CCCNCc1ccc2ccccc2c1)N(CCCN1CCC2(C=Cc3ccccc32)CC1)c1ccccc1. The molecule has 4 aromatic carbocycles. The number of hydrogen-bond donors (Lipinski definition) is 1. The van der Waals surface area contributed by atoms with Crippen LogP contribution in [-0.2, 0) is 16.8 Å². The van der Waals surface area contributed by atoms with Crippen LogP contribution < -0.4 is 10.2 Å². The number of likely N-dealkylation sites (tertiary alicyclic amines) is 1. The highest BCUT2D eigenvalue weighted by atomic mass is 16.2. The number of carbonyl (C=O) groups is 1. The van der Waals surface area contributed by atoms with E-state index >= 15 is 0 Å². The number of hydrogen-bond acceptors (Lipinski definition) is 3. The number of nitrogens with zero attached hydrogens (tertiary/aromatic N) is 2. The third kappa shape index (κ3) is 6.45. The monoisotopic (exact) mass is 543 g/mol. The summed E-state index contributed by atoms with van der Waals surface area (Å²) in [6.07, 6.45) is 9.48. The first-order valence-corrected chi connectivity index (χ1v) is 15.3. The molecule has 41 heavy (non-hydrogen) atoms. The number of nitrogens with one attached hydrogen (secondary N) is 1. The quantitative estimate of drug-likeness (QED) is 0.203. The van der Waals surface area contributed by atoms with Gasteiger partial charge in [-0.3, -0.25) is 4.79 Å². The van der Waals surface area contributed by atoms with Gasteiger partial charge < -0.3 is 15.1 Å². The van der Waals surface area contributed by atoms with Crippen LogP contribution in [0, 0.1) is 0 Å². The van der Waals surface area contributed by atoms with Gasteiger partial charge in [0.15, 0.2) is 0 Å². The summed E-state index contributed by atoms with van der Waals surface area (Å²) < 4.78 is 0. The van der Waals surface area contributed by atoms with E-state index in [1.165, 1.54) is 40.3 Å². The Kier molecular flexibility index (Phi) is 8.60. The van der Waals surface area contributed by atoms with Gasteiger partial charge in [0.25, 0.3) is 0 Å². The predicted octanol–water partition coefficient (Wildman–Crippen LogP) is 7.19. The van der Waals surface area contributed by atoms with Crippen LogP contribution in [-0.4, -0.2) is 43.5 Å². The van der Waals surface area contributed by atoms with Crippen molar-refractivity contribution in [2.24, 2.45) is 0 Å². The smallest absolute Gasteiger partial charge is 0.227 e. The zero-order valence-corrected chi connectivity index (χ0v) is 24.0. The number of benzene rings is 4. The van der Waals surface area contributed by atoms with Gasteiger partial charge in [0.2, 0.25) is 5.91 Å². The molecule has 210 valence electrons. The largest absolute Gasteiger partial charge is 0.313 e. The summed E-state index contributed by atoms with van der Waals surface area (Å²) in [6.45, 7) is 5.67. The van der Waals surface area contributed by atoms with Crippen molar-refractivity contribution < 1.29 is 4.79 Å². The van der Waals surface area contributed by atoms with Gasteiger partial charge in [-0.1, -0.05) is 91.0 Å². The molecule has 6 rings (SSSR count). The Hall–Kier alpha value is -3.73. The van der Waals surface area contributed by atoms with Crippen LogP contribution in [0.25, 0.3) is 16.8 Å². The molecule has 2 aliphatic rings. The number of rotatable bonds is 11. The molecule has 4 aromatic rings. The molecule has 4 heteroatoms. The van der Waals surface area contributed by atoms with Crippen molar-refractivity contribution in [1.82, 2.24) is 10.2 Å². The van der Waals surface area contributed by atoms with E-state index in [0.717, 1.165) is 57.8 Å². The lowest BCUT2D eigenvalue weighted by atomic mass is 9.74. The normalized spacial score (nSPS) is 15.8. The lowest BCUT2D eigenvalue weighted by Gasteiger charge is -2.39. The zero-order valence-electron chi connectivity index (χ0n) is 24.0. The van der Waals surface area contributed by atoms with Gasteiger partial charge in [0.1, 0.15) is 0 Å². The second-order valence-corrected chi connectivity index (χ2v) is 11.6. The van der Waals surface area contributed by atoms with E-state index < -0.39 is 0 Å². The molecule has 1 amide bonds. The van der Waals surface area contributed by atoms with Crippen LogP contribution in [0.4, 0.5) is 5.69 Å². The van der Waals surface area contributed by atoms with Crippen LogP contribution in [0.1, 0.15) is 48.8 Å². The average Bonchev–Trinajstić information content (AvgIpc) is 3.38. The van der Waals surface area contributed by atoms with Gasteiger partial charge in [-0.15, -0.1) is 0 Å². The first kappa shape index (κ1) is 27.4. The fourth-order valence-corrected chi connectivity index (χ4v) is 6.59. The summed E-state index contributed by atoms with van der Waals surface area (Å²) >= 11 is 0. The van der Waals surface area contributed by atoms with Gasteiger partial charge >= 0.3 is 0 Å². The molecule has 0 atom stereocenters. The molecule has 1 aliphatic heterocycles. The molecular weight excluding hydrogens is 502 g/mol. The van der Waals surface area contributed by atoms with Gasteiger partial charge in [0.05, 0.1) is 0 Å². The van der Waals surface area contributed by atoms with E-state index in [0.29, 0.717) is 6.42 Å². The summed E-state index contributed by atoms with van der Waals surface area (Å²) in [5.74, 6) is 0.217. The van der Waals surface area contributed by atoms with Gasteiger partial charge in [-0.05, 0) is 97.5 Å². The fourth-order valence-electron chi connectivity index (χ4n) is 6.59. The number of carbonyl (C=O) groups excluding carboxylic acids is 1. The number of allylic oxidation sites excluding steroid dienone is 1. The molecule has 1 aliphatic carbocycles. The third-order valence-corrected chi connectivity index (χ3v) is 8.94. The molecule has 0 unspecified atom stereocenters. The summed E-state index contributed by atoms with van der Waals surface area (Å²) in [7, 11) is 0. The van der Waals surface area contributed by atoms with Crippen molar-refractivity contribution in [3.63, 3.8) is 0 Å². The first-order valence-electron chi connectivity index (χ1n) is 15.3. The predicted molar refractivity (Wildman–Crippen MR) is 171 cm³/mol. The second kappa shape index (κ2) is 12.8. The molecular formula is C37H41N3O. The fraction of sp³-hybridized carbons (Fsp3) is 0.324. The van der Waals surface area contributed by atoms with Gasteiger partial charge in [-0.25, -0.2) is 0 Å². The Morgan fingerprint density at radius 1 is 0.829 bits per heavy atom. The highest BCUT2D eigenvalue weighted by Crippen LogP contribution is 2.43. The maximum absolute atomic E-state index is 13.4. The molecule has 0 aromatic heterocycles. The maximum atomic E-state index is 13.4. The number of para-hydroxylation sites is 1. The van der Waals surface area contributed by atoms with Crippen molar-refractivity contribution in [1.29, 1.82) is 0 Å². The Morgan fingerprint density at radius 2 is 1.59 bits per heavy atom. The molecule has 1 fully saturated rings. The molecule has 0 radical (unpaired) electrons. The standard InChI is InChI=1S/C37H41N3O/c41-36(16-8-23-38-29-30-17-18-31-10-4-5-12-33(31)28-30)40(34-13-2-1-3-14-34)25-9-24-39-26-21-37(22-27-39)20-19-32-11-6-7-15-35(32)37/h1-7,10-15,17-20,28,38H,8-9,16,21-27,29H2. The minimum absolute atomic E-state index is 0.217. The third-order valence-electron chi connectivity index (χ3n) is 8.94. The van der Waals surface area contributed by atoms with E-state index in [1.54, 1.807) is 0 Å². The van der Waals surface area contributed by atoms with Crippen LogP contribution in [0.15, 0.2) is 103 Å². The number of amides is 1. The van der Waals surface area contributed by atoms with Crippen LogP contribution >= 0.6 is 0 Å². The van der Waals surface area contributed by atoms with Gasteiger partial charge in [0, 0.05) is 30.6 Å². The lowest BCUT2D eigenvalue weighted by molar-refractivity contribution is -0.118. The van der Waals surface area contributed by atoms with E-state index in [2.05, 4.69) is 101 Å². The molecule has 4 nitrogen and oxygen atoms in total. The average molecular weight is 544 g/mol. The topological polar surface area (TPSA) is 35.6 Å². The Morgan fingerprint density at radius 3 is 2.44 bits per heavy atom. The van der Waals surface area contributed by atoms with Crippen molar-refractivity contribution in [3.05, 3.63) is 120 Å². The summed E-state index contributed by atoms with van der Waals surface area (Å²) in [5, 5.41) is 6.07. The van der Waals surface area contributed by atoms with E-state index in [9.17, 15) is 4.79 Å². The molecule has 1 N–H and O–H groups in total. The molecule has 0 bridgehead atoms. The van der Waals surface area contributed by atoms with Crippen molar-refractivity contribution >= 4 is 28.4 Å². The molecule has 0 saturated carbocycles. The second-order valence-electron chi connectivity index (χ2n) is 11.6. The molecule has 1 heterocycles. The van der Waals surface area contributed by atoms with Crippen LogP contribution in [0.2, 0.25) is 0 Å². The van der Waals surface area contributed by atoms with Crippen molar-refractivity contribution in [2.75, 3.05) is 37.6 Å². The number of piperidine rings is 1. The number of anilines is 1. The van der Waals surface area contributed by atoms with E-state index in [1.807, 2.05) is 23.1 Å². The Bertz CT molecular complexity index is 1490. The van der Waals surface area contributed by atoms with Crippen LogP contribution in [0.5, 0.6) is 0 Å². The first-order chi connectivity index (χ1) is 20.2. The zero-order chi connectivity index (χ0) is 27.9. The minimum atomic E-state index is 0.217. The number of fused-ring (bicyclic) bond motifs is 3. The highest BCUT2D eigenvalue weighted by Gasteiger charge is 2.37. The summed E-state index contributed by atoms with van der Waals surface area (Å²) in [4.78, 5) is 18.0. The maximum Gasteiger partial charge on any atom is 0.227 e. The molecule has 1 spiro atoms. The highest BCUT2D eigenvalue weighted by molar-refractivity contribution is 5.93. The van der Waals surface area contributed by atoms with Gasteiger partial charge in [-0.2, -0.15) is 0 Å². The summed E-state index contributed by atoms with van der Waals surface area (Å²) in [6, 6.07) is 34.1. The minimum Gasteiger partial charge on any atom is -0.313 e. The Balaban J connectivity index is 0.962. The van der Waals surface area contributed by atoms with Crippen molar-refractivity contribution in [3.8, 4) is 0 Å². The summed E-state index contributed by atoms with van der Waals surface area (Å²) in [5.41, 5.74) is 5.40. The van der Waals surface area contributed by atoms with E-state index in [4.69, 9.17) is 0 Å². The molecule has 1 saturated heterocycles.